The van der Waals surface area contributed by atoms with Crippen molar-refractivity contribution < 1.29 is 24.2 Å². The summed E-state index contributed by atoms with van der Waals surface area (Å²) in [5, 5.41) is 9.47. The first-order chi connectivity index (χ1) is 6.31. The van der Waals surface area contributed by atoms with Crippen LogP contribution in [-0.2, 0) is 19.1 Å². The summed E-state index contributed by atoms with van der Waals surface area (Å²) in [6.45, 7) is 5.89. The SMILES string of the molecule is CCOC(=O)[C@H](O)C(C)(C)OC(C)=O. The number of aliphatic hydroxyl groups excluding tert-OH is 1. The van der Waals surface area contributed by atoms with E-state index in [0.29, 0.717) is 0 Å². The lowest BCUT2D eigenvalue weighted by Crippen LogP contribution is -2.46. The fraction of sp³-hybridized carbons (Fsp3) is 0.778. The number of ether oxygens (including phenoxy) is 2. The molecule has 82 valence electrons. The van der Waals surface area contributed by atoms with Crippen molar-refractivity contribution in [3.8, 4) is 0 Å². The third kappa shape index (κ3) is 3.74. The van der Waals surface area contributed by atoms with Crippen LogP contribution in [0.1, 0.15) is 27.7 Å². The first-order valence-corrected chi connectivity index (χ1v) is 4.35. The number of aliphatic hydroxyl groups is 1. The fourth-order valence-corrected chi connectivity index (χ4v) is 0.931. The Bertz CT molecular complexity index is 221. The smallest absolute Gasteiger partial charge is 0.339 e. The normalized spacial score (nSPS) is 13.2. The van der Waals surface area contributed by atoms with Gasteiger partial charge in [-0.3, -0.25) is 4.79 Å². The highest BCUT2D eigenvalue weighted by Crippen LogP contribution is 2.16. The summed E-state index contributed by atoms with van der Waals surface area (Å²) in [5.41, 5.74) is -1.27. The zero-order valence-corrected chi connectivity index (χ0v) is 8.86. The Kier molecular flexibility index (Phi) is 4.56. The van der Waals surface area contributed by atoms with Gasteiger partial charge in [-0.2, -0.15) is 0 Å². The van der Waals surface area contributed by atoms with Gasteiger partial charge < -0.3 is 14.6 Å². The zero-order valence-electron chi connectivity index (χ0n) is 8.86. The van der Waals surface area contributed by atoms with Crippen LogP contribution in [-0.4, -0.2) is 35.4 Å². The molecule has 0 bridgehead atoms. The van der Waals surface area contributed by atoms with E-state index in [4.69, 9.17) is 4.74 Å². The van der Waals surface area contributed by atoms with Gasteiger partial charge in [0, 0.05) is 6.92 Å². The predicted octanol–water partition coefficient (Wildman–Crippen LogP) is 0.252. The van der Waals surface area contributed by atoms with Crippen LogP contribution in [0.2, 0.25) is 0 Å². The maximum Gasteiger partial charge on any atom is 0.339 e. The first kappa shape index (κ1) is 12.9. The molecule has 0 unspecified atom stereocenters. The highest BCUT2D eigenvalue weighted by molar-refractivity contribution is 5.76. The van der Waals surface area contributed by atoms with Crippen LogP contribution in [0.3, 0.4) is 0 Å². The van der Waals surface area contributed by atoms with Gasteiger partial charge >= 0.3 is 11.9 Å². The minimum atomic E-state index is -1.47. The van der Waals surface area contributed by atoms with Gasteiger partial charge in [0.15, 0.2) is 6.10 Å². The average Bonchev–Trinajstić information content (AvgIpc) is 2.01. The number of rotatable bonds is 4. The Morgan fingerprint density at radius 3 is 2.29 bits per heavy atom. The van der Waals surface area contributed by atoms with Crippen molar-refractivity contribution >= 4 is 11.9 Å². The molecule has 0 aromatic carbocycles. The van der Waals surface area contributed by atoms with Crippen LogP contribution in [0.15, 0.2) is 0 Å². The fourth-order valence-electron chi connectivity index (χ4n) is 0.931. The number of hydrogen-bond donors (Lipinski definition) is 1. The summed E-state index contributed by atoms with van der Waals surface area (Å²) in [4.78, 5) is 21.8. The second kappa shape index (κ2) is 4.95. The van der Waals surface area contributed by atoms with Crippen LogP contribution in [0.5, 0.6) is 0 Å². The molecule has 5 heteroatoms. The Balaban J connectivity index is 4.40. The lowest BCUT2D eigenvalue weighted by atomic mass is 10.0. The van der Waals surface area contributed by atoms with Gasteiger partial charge in [0.1, 0.15) is 5.60 Å². The minimum Gasteiger partial charge on any atom is -0.464 e. The van der Waals surface area contributed by atoms with Gasteiger partial charge in [0.05, 0.1) is 6.61 Å². The molecule has 0 saturated heterocycles. The molecule has 0 amide bonds. The molecule has 0 spiro atoms. The second-order valence-electron chi connectivity index (χ2n) is 3.35. The summed E-state index contributed by atoms with van der Waals surface area (Å²) in [7, 11) is 0. The summed E-state index contributed by atoms with van der Waals surface area (Å²) in [5.74, 6) is -1.35. The van der Waals surface area contributed by atoms with Crippen LogP contribution in [0, 0.1) is 0 Å². The van der Waals surface area contributed by atoms with Gasteiger partial charge in [0.25, 0.3) is 0 Å². The van der Waals surface area contributed by atoms with Crippen LogP contribution < -0.4 is 0 Å². The molecule has 1 atom stereocenters. The van der Waals surface area contributed by atoms with Crippen molar-refractivity contribution in [2.75, 3.05) is 6.61 Å². The van der Waals surface area contributed by atoms with Crippen molar-refractivity contribution in [2.45, 2.75) is 39.4 Å². The van der Waals surface area contributed by atoms with Gasteiger partial charge in [-0.05, 0) is 20.8 Å². The predicted molar refractivity (Wildman–Crippen MR) is 48.5 cm³/mol. The number of carbonyl (C=O) groups is 2. The van der Waals surface area contributed by atoms with E-state index in [2.05, 4.69) is 4.74 Å². The highest BCUT2D eigenvalue weighted by Gasteiger charge is 2.37. The Labute approximate surface area is 83.0 Å². The molecule has 0 fully saturated rings. The summed E-state index contributed by atoms with van der Waals surface area (Å²) < 4.78 is 9.37. The lowest BCUT2D eigenvalue weighted by molar-refractivity contribution is -0.179. The van der Waals surface area contributed by atoms with E-state index < -0.39 is 23.6 Å². The van der Waals surface area contributed by atoms with Crippen molar-refractivity contribution in [1.29, 1.82) is 0 Å². The molecule has 0 aliphatic carbocycles. The third-order valence-corrected chi connectivity index (χ3v) is 1.58. The molecule has 0 heterocycles. The van der Waals surface area contributed by atoms with E-state index >= 15 is 0 Å². The van der Waals surface area contributed by atoms with Crippen LogP contribution in [0.25, 0.3) is 0 Å². The Morgan fingerprint density at radius 1 is 1.43 bits per heavy atom. The first-order valence-electron chi connectivity index (χ1n) is 4.35. The Morgan fingerprint density at radius 2 is 1.93 bits per heavy atom. The minimum absolute atomic E-state index is 0.173. The molecule has 14 heavy (non-hydrogen) atoms. The van der Waals surface area contributed by atoms with Gasteiger partial charge in [0.2, 0.25) is 0 Å². The topological polar surface area (TPSA) is 72.8 Å². The quantitative estimate of drug-likeness (QED) is 0.664. The van der Waals surface area contributed by atoms with Gasteiger partial charge in [-0.25, -0.2) is 4.79 Å². The molecular formula is C9H16O5. The maximum absolute atomic E-state index is 11.1. The maximum atomic E-state index is 11.1. The molecular weight excluding hydrogens is 188 g/mol. The van der Waals surface area contributed by atoms with Crippen molar-refractivity contribution in [1.82, 2.24) is 0 Å². The Hall–Kier alpha value is -1.10. The van der Waals surface area contributed by atoms with E-state index in [1.54, 1.807) is 6.92 Å². The van der Waals surface area contributed by atoms with Crippen molar-refractivity contribution in [2.24, 2.45) is 0 Å². The molecule has 0 aromatic heterocycles. The number of hydrogen-bond acceptors (Lipinski definition) is 5. The van der Waals surface area contributed by atoms with E-state index in [0.717, 1.165) is 0 Å². The van der Waals surface area contributed by atoms with E-state index in [9.17, 15) is 14.7 Å². The molecule has 0 aromatic rings. The molecule has 0 radical (unpaired) electrons. The van der Waals surface area contributed by atoms with Crippen molar-refractivity contribution in [3.63, 3.8) is 0 Å². The number of carbonyl (C=O) groups excluding carboxylic acids is 2. The van der Waals surface area contributed by atoms with E-state index in [1.165, 1.54) is 20.8 Å². The standard InChI is InChI=1S/C9H16O5/c1-5-13-8(12)7(11)9(3,4)14-6(2)10/h7,11H,5H2,1-4H3/t7-/m0/s1. The average molecular weight is 204 g/mol. The molecule has 5 nitrogen and oxygen atoms in total. The molecule has 1 N–H and O–H groups in total. The molecule has 0 aliphatic heterocycles. The summed E-state index contributed by atoms with van der Waals surface area (Å²) >= 11 is 0. The lowest BCUT2D eigenvalue weighted by Gasteiger charge is -2.28. The van der Waals surface area contributed by atoms with Gasteiger partial charge in [-0.1, -0.05) is 0 Å². The molecule has 0 aliphatic rings. The summed E-state index contributed by atoms with van der Waals surface area (Å²) in [6, 6.07) is 0. The number of esters is 2. The monoisotopic (exact) mass is 204 g/mol. The van der Waals surface area contributed by atoms with Crippen LogP contribution in [0.4, 0.5) is 0 Å². The van der Waals surface area contributed by atoms with Crippen LogP contribution >= 0.6 is 0 Å². The zero-order chi connectivity index (χ0) is 11.4. The molecule has 0 rings (SSSR count). The van der Waals surface area contributed by atoms with E-state index in [1.807, 2.05) is 0 Å². The largest absolute Gasteiger partial charge is 0.464 e. The van der Waals surface area contributed by atoms with E-state index in [-0.39, 0.29) is 6.61 Å². The highest BCUT2D eigenvalue weighted by atomic mass is 16.6. The van der Waals surface area contributed by atoms with Gasteiger partial charge in [-0.15, -0.1) is 0 Å². The summed E-state index contributed by atoms with van der Waals surface area (Å²) in [6.07, 6.45) is -1.47. The second-order valence-corrected chi connectivity index (χ2v) is 3.35. The third-order valence-electron chi connectivity index (χ3n) is 1.58. The van der Waals surface area contributed by atoms with Crippen molar-refractivity contribution in [3.05, 3.63) is 0 Å². The molecule has 0 saturated carbocycles.